The molecule has 0 fully saturated rings. The molecule has 0 aromatic carbocycles. The van der Waals surface area contributed by atoms with Crippen LogP contribution in [-0.2, 0) is 4.79 Å². The molecule has 0 saturated carbocycles. The van der Waals surface area contributed by atoms with Crippen molar-refractivity contribution in [3.63, 3.8) is 0 Å². The number of nitrogens with one attached hydrogen (secondary N) is 1. The Morgan fingerprint density at radius 2 is 2.21 bits per heavy atom. The lowest BCUT2D eigenvalue weighted by Crippen LogP contribution is -2.27. The molecule has 2 unspecified atom stereocenters. The minimum absolute atomic E-state index is 0.0923. The molecule has 9 heteroatoms. The molecule has 0 bridgehead atoms. The number of hydrogen-bond donors (Lipinski definition) is 1. The van der Waals surface area contributed by atoms with Crippen LogP contribution in [0.25, 0.3) is 0 Å². The number of alkyl halides is 3. The van der Waals surface area contributed by atoms with Gasteiger partial charge < -0.3 is 5.32 Å². The number of amides is 1. The summed E-state index contributed by atoms with van der Waals surface area (Å²) in [6, 6.07) is 0. The van der Waals surface area contributed by atoms with Crippen LogP contribution in [-0.4, -0.2) is 35.2 Å². The number of allylic oxidation sites excluding steroid dienone is 4. The second-order valence-corrected chi connectivity index (χ2v) is 6.30. The van der Waals surface area contributed by atoms with Gasteiger partial charge in [0.05, 0.1) is 18.4 Å². The molecular weight excluding hydrogens is 363 g/mol. The lowest BCUT2D eigenvalue weighted by molar-refractivity contribution is -0.160. The predicted octanol–water partition coefficient (Wildman–Crippen LogP) is 3.67. The SMILES string of the molecule is CS/C(=N\C(=O)C1C=CC(Cl)=NC1)NC1=CC(C(F)(F)F)CC=C1. The van der Waals surface area contributed by atoms with Crippen molar-refractivity contribution >= 4 is 39.6 Å². The monoisotopic (exact) mass is 377 g/mol. The van der Waals surface area contributed by atoms with Crippen molar-refractivity contribution in [1.29, 1.82) is 0 Å². The molecule has 2 rings (SSSR count). The van der Waals surface area contributed by atoms with Crippen LogP contribution in [0, 0.1) is 11.8 Å². The number of nitrogens with zero attached hydrogens (tertiary/aromatic N) is 2. The zero-order valence-electron chi connectivity index (χ0n) is 12.7. The fourth-order valence-corrected chi connectivity index (χ4v) is 2.62. The summed E-state index contributed by atoms with van der Waals surface area (Å²) in [6.07, 6.45) is 4.51. The second kappa shape index (κ2) is 8.02. The molecule has 4 nitrogen and oxygen atoms in total. The lowest BCUT2D eigenvalue weighted by Gasteiger charge is -2.20. The lowest BCUT2D eigenvalue weighted by atomic mass is 9.99. The van der Waals surface area contributed by atoms with Crippen molar-refractivity contribution in [2.45, 2.75) is 12.6 Å². The number of hydrogen-bond acceptors (Lipinski definition) is 3. The molecule has 0 radical (unpaired) electrons. The van der Waals surface area contributed by atoms with Crippen LogP contribution >= 0.6 is 23.4 Å². The third kappa shape index (κ3) is 5.24. The third-order valence-corrected chi connectivity index (χ3v) is 4.19. The topological polar surface area (TPSA) is 53.8 Å². The summed E-state index contributed by atoms with van der Waals surface area (Å²) in [5.41, 5.74) is 0.268. The number of halogens is 4. The Morgan fingerprint density at radius 3 is 2.79 bits per heavy atom. The van der Waals surface area contributed by atoms with Crippen LogP contribution in [0.1, 0.15) is 6.42 Å². The van der Waals surface area contributed by atoms with Crippen molar-refractivity contribution < 1.29 is 18.0 Å². The highest BCUT2D eigenvalue weighted by Crippen LogP contribution is 2.33. The Labute approximate surface area is 146 Å². The summed E-state index contributed by atoms with van der Waals surface area (Å²) in [6.45, 7) is 0.206. The van der Waals surface area contributed by atoms with E-state index in [1.54, 1.807) is 18.4 Å². The number of carbonyl (C=O) groups is 1. The van der Waals surface area contributed by atoms with E-state index in [0.29, 0.717) is 5.17 Å². The first-order valence-electron chi connectivity index (χ1n) is 7.06. The number of amidine groups is 1. The summed E-state index contributed by atoms with van der Waals surface area (Å²) in [5, 5.41) is 3.32. The normalized spacial score (nSPS) is 24.5. The van der Waals surface area contributed by atoms with Crippen molar-refractivity contribution in [3.8, 4) is 0 Å². The maximum absolute atomic E-state index is 12.8. The van der Waals surface area contributed by atoms with Gasteiger partial charge in [-0.15, -0.1) is 0 Å². The average molecular weight is 378 g/mol. The molecule has 1 N–H and O–H groups in total. The number of dihydropyridines is 1. The molecule has 0 saturated heterocycles. The van der Waals surface area contributed by atoms with E-state index in [9.17, 15) is 18.0 Å². The van der Waals surface area contributed by atoms with Gasteiger partial charge in [-0.2, -0.15) is 18.2 Å². The second-order valence-electron chi connectivity index (χ2n) is 5.12. The third-order valence-electron chi connectivity index (χ3n) is 3.37. The summed E-state index contributed by atoms with van der Waals surface area (Å²) >= 11 is 6.83. The van der Waals surface area contributed by atoms with Crippen molar-refractivity contribution in [1.82, 2.24) is 5.32 Å². The van der Waals surface area contributed by atoms with Crippen LogP contribution in [0.4, 0.5) is 13.2 Å². The smallest absolute Gasteiger partial charge is 0.335 e. The van der Waals surface area contributed by atoms with Gasteiger partial charge in [-0.3, -0.25) is 9.79 Å². The molecule has 24 heavy (non-hydrogen) atoms. The van der Waals surface area contributed by atoms with Crippen molar-refractivity contribution in [2.75, 3.05) is 12.8 Å². The fourth-order valence-electron chi connectivity index (χ4n) is 2.08. The summed E-state index contributed by atoms with van der Waals surface area (Å²) in [4.78, 5) is 20.0. The van der Waals surface area contributed by atoms with Crippen LogP contribution < -0.4 is 5.32 Å². The molecule has 2 atom stereocenters. The molecule has 1 aliphatic heterocycles. The quantitative estimate of drug-likeness (QED) is 0.590. The van der Waals surface area contributed by atoms with Gasteiger partial charge in [0, 0.05) is 5.70 Å². The van der Waals surface area contributed by atoms with Crippen molar-refractivity contribution in [3.05, 3.63) is 36.1 Å². The number of aliphatic imine (C=N–C) groups is 2. The molecule has 1 aliphatic carbocycles. The molecule has 0 spiro atoms. The van der Waals surface area contributed by atoms with Gasteiger partial charge in [-0.1, -0.05) is 35.5 Å². The number of rotatable bonds is 2. The minimum atomic E-state index is -4.30. The van der Waals surface area contributed by atoms with Gasteiger partial charge in [0.15, 0.2) is 5.17 Å². The van der Waals surface area contributed by atoms with E-state index in [1.807, 2.05) is 0 Å². The largest absolute Gasteiger partial charge is 0.395 e. The van der Waals surface area contributed by atoms with E-state index >= 15 is 0 Å². The van der Waals surface area contributed by atoms with E-state index in [1.165, 1.54) is 12.2 Å². The predicted molar refractivity (Wildman–Crippen MR) is 91.3 cm³/mol. The fraction of sp³-hybridized carbons (Fsp3) is 0.400. The highest BCUT2D eigenvalue weighted by Gasteiger charge is 2.38. The summed E-state index contributed by atoms with van der Waals surface area (Å²) in [7, 11) is 0. The van der Waals surface area contributed by atoms with Gasteiger partial charge in [0.25, 0.3) is 5.91 Å². The van der Waals surface area contributed by atoms with Gasteiger partial charge in [0.2, 0.25) is 0 Å². The molecular formula is C15H15ClF3N3OS. The molecule has 1 heterocycles. The van der Waals surface area contributed by atoms with Gasteiger partial charge >= 0.3 is 6.18 Å². The van der Waals surface area contributed by atoms with Gasteiger partial charge in [-0.05, 0) is 30.9 Å². The minimum Gasteiger partial charge on any atom is -0.335 e. The van der Waals surface area contributed by atoms with Gasteiger partial charge in [-0.25, -0.2) is 0 Å². The standard InChI is InChI=1S/C15H15ClF3N3OS/c1-24-14(22-13(23)9-5-6-12(16)20-8-9)21-11-4-2-3-10(7-11)15(17,18)19/h2,4-7,9-10H,3,8H2,1H3,(H,21,22,23). The first kappa shape index (κ1) is 18.8. The summed E-state index contributed by atoms with van der Waals surface area (Å²) in [5.74, 6) is -2.49. The highest BCUT2D eigenvalue weighted by atomic mass is 35.5. The Bertz CT molecular complexity index is 653. The molecule has 2 aliphatic rings. The Morgan fingerprint density at radius 1 is 1.46 bits per heavy atom. The maximum Gasteiger partial charge on any atom is 0.395 e. The van der Waals surface area contributed by atoms with Crippen LogP contribution in [0.2, 0.25) is 0 Å². The first-order valence-corrected chi connectivity index (χ1v) is 8.66. The first-order chi connectivity index (χ1) is 11.3. The maximum atomic E-state index is 12.8. The highest BCUT2D eigenvalue weighted by molar-refractivity contribution is 8.13. The molecule has 0 aromatic rings. The zero-order chi connectivity index (χ0) is 17.7. The number of carbonyl (C=O) groups excluding carboxylic acids is 1. The Balaban J connectivity index is 2.06. The molecule has 130 valence electrons. The van der Waals surface area contributed by atoms with Crippen LogP contribution in [0.5, 0.6) is 0 Å². The molecule has 0 aromatic heterocycles. The van der Waals surface area contributed by atoms with Gasteiger partial charge in [0.1, 0.15) is 5.17 Å². The van der Waals surface area contributed by atoms with Crippen LogP contribution in [0.15, 0.2) is 46.1 Å². The van der Waals surface area contributed by atoms with E-state index < -0.39 is 23.9 Å². The Hall–Kier alpha value is -1.54. The van der Waals surface area contributed by atoms with Crippen molar-refractivity contribution in [2.24, 2.45) is 21.8 Å². The average Bonchev–Trinajstić information content (AvgIpc) is 2.54. The molecule has 1 amide bonds. The number of thioether (sulfide) groups is 1. The van der Waals surface area contributed by atoms with Crippen LogP contribution in [0.3, 0.4) is 0 Å². The zero-order valence-corrected chi connectivity index (χ0v) is 14.3. The van der Waals surface area contributed by atoms with E-state index in [-0.39, 0.29) is 23.8 Å². The van der Waals surface area contributed by atoms with E-state index in [4.69, 9.17) is 11.6 Å². The van der Waals surface area contributed by atoms with E-state index in [2.05, 4.69) is 15.3 Å². The summed E-state index contributed by atoms with van der Waals surface area (Å²) < 4.78 is 38.4. The van der Waals surface area contributed by atoms with E-state index in [0.717, 1.165) is 17.8 Å². The Kier molecular flexibility index (Phi) is 6.28.